The fourth-order valence-corrected chi connectivity index (χ4v) is 1.52. The molecule has 5 heteroatoms. The summed E-state index contributed by atoms with van der Waals surface area (Å²) in [6.07, 6.45) is 1.21. The second-order valence-corrected chi connectivity index (χ2v) is 4.50. The van der Waals surface area contributed by atoms with Crippen LogP contribution in [0.3, 0.4) is 0 Å². The summed E-state index contributed by atoms with van der Waals surface area (Å²) in [7, 11) is 0. The molecule has 1 amide bonds. The number of carbonyl (C=O) groups is 2. The molecule has 0 aromatic carbocycles. The number of carbonyl (C=O) groups excluding carboxylic acids is 1. The van der Waals surface area contributed by atoms with E-state index in [0.29, 0.717) is 19.6 Å². The van der Waals surface area contributed by atoms with Crippen molar-refractivity contribution < 1.29 is 19.4 Å². The predicted molar refractivity (Wildman–Crippen MR) is 58.0 cm³/mol. The highest BCUT2D eigenvalue weighted by molar-refractivity contribution is 5.80. The van der Waals surface area contributed by atoms with Crippen molar-refractivity contribution in [3.8, 4) is 0 Å². The first kappa shape index (κ1) is 13.0. The van der Waals surface area contributed by atoms with Crippen LogP contribution in [0.15, 0.2) is 0 Å². The van der Waals surface area contributed by atoms with Gasteiger partial charge in [-0.1, -0.05) is 6.92 Å². The summed E-state index contributed by atoms with van der Waals surface area (Å²) < 4.78 is 5.11. The molecule has 92 valence electrons. The Labute approximate surface area is 95.2 Å². The average Bonchev–Trinajstić information content (AvgIpc) is 2.78. The first-order chi connectivity index (χ1) is 7.49. The zero-order chi connectivity index (χ0) is 12.2. The van der Waals surface area contributed by atoms with Crippen LogP contribution in [0.4, 0.5) is 0 Å². The first-order valence-electron chi connectivity index (χ1n) is 5.58. The van der Waals surface area contributed by atoms with Crippen LogP contribution in [0.1, 0.15) is 26.7 Å². The molecule has 1 saturated heterocycles. The Morgan fingerprint density at radius 2 is 2.25 bits per heavy atom. The Morgan fingerprint density at radius 3 is 2.69 bits per heavy atom. The summed E-state index contributed by atoms with van der Waals surface area (Å²) in [5.74, 6) is -1.09. The van der Waals surface area contributed by atoms with Gasteiger partial charge in [-0.2, -0.15) is 0 Å². The third-order valence-electron chi connectivity index (χ3n) is 3.25. The van der Waals surface area contributed by atoms with E-state index < -0.39 is 11.4 Å². The predicted octanol–water partition coefficient (Wildman–Crippen LogP) is 0.640. The van der Waals surface area contributed by atoms with Crippen LogP contribution < -0.4 is 5.32 Å². The Balaban J connectivity index is 2.43. The van der Waals surface area contributed by atoms with Crippen molar-refractivity contribution in [2.24, 2.45) is 11.3 Å². The van der Waals surface area contributed by atoms with Crippen LogP contribution in [0.5, 0.6) is 0 Å². The van der Waals surface area contributed by atoms with Crippen molar-refractivity contribution in [1.29, 1.82) is 0 Å². The molecule has 0 aromatic rings. The zero-order valence-corrected chi connectivity index (χ0v) is 9.78. The van der Waals surface area contributed by atoms with E-state index in [1.165, 1.54) is 0 Å². The fraction of sp³-hybridized carbons (Fsp3) is 0.818. The number of amides is 1. The third kappa shape index (κ3) is 2.95. The van der Waals surface area contributed by atoms with Gasteiger partial charge in [0.1, 0.15) is 0 Å². The van der Waals surface area contributed by atoms with E-state index in [4.69, 9.17) is 9.84 Å². The number of ether oxygens (including phenoxy) is 1. The Morgan fingerprint density at radius 1 is 1.56 bits per heavy atom. The minimum Gasteiger partial charge on any atom is -0.481 e. The molecule has 0 radical (unpaired) electrons. The Hall–Kier alpha value is -1.10. The lowest BCUT2D eigenvalue weighted by Crippen LogP contribution is -2.42. The molecule has 0 saturated carbocycles. The summed E-state index contributed by atoms with van der Waals surface area (Å²) in [6, 6.07) is 0. The summed E-state index contributed by atoms with van der Waals surface area (Å²) in [5.41, 5.74) is -0.880. The Bertz CT molecular complexity index is 273. The second-order valence-electron chi connectivity index (χ2n) is 4.50. The number of nitrogens with one attached hydrogen (secondary N) is 1. The van der Waals surface area contributed by atoms with Crippen molar-refractivity contribution in [2.45, 2.75) is 26.7 Å². The maximum absolute atomic E-state index is 11.6. The molecule has 2 unspecified atom stereocenters. The summed E-state index contributed by atoms with van der Waals surface area (Å²) in [5, 5.41) is 11.7. The molecule has 1 rings (SSSR count). The van der Waals surface area contributed by atoms with E-state index in [1.54, 1.807) is 13.8 Å². The molecule has 0 bridgehead atoms. The van der Waals surface area contributed by atoms with Crippen molar-refractivity contribution in [2.75, 3.05) is 19.8 Å². The molecule has 16 heavy (non-hydrogen) atoms. The molecule has 2 atom stereocenters. The number of hydrogen-bond donors (Lipinski definition) is 2. The molecule has 1 heterocycles. The smallest absolute Gasteiger partial charge is 0.311 e. The highest BCUT2D eigenvalue weighted by atomic mass is 16.5. The third-order valence-corrected chi connectivity index (χ3v) is 3.25. The number of aliphatic carboxylic acids is 1. The van der Waals surface area contributed by atoms with E-state index in [9.17, 15) is 9.59 Å². The molecular formula is C11H19NO4. The molecule has 0 spiro atoms. The van der Waals surface area contributed by atoms with Crippen LogP contribution in [0.2, 0.25) is 0 Å². The van der Waals surface area contributed by atoms with E-state index in [-0.39, 0.29) is 18.4 Å². The largest absolute Gasteiger partial charge is 0.481 e. The number of carboxylic acids is 1. The van der Waals surface area contributed by atoms with E-state index in [2.05, 4.69) is 5.32 Å². The van der Waals surface area contributed by atoms with Crippen LogP contribution in [0, 0.1) is 11.3 Å². The summed E-state index contributed by atoms with van der Waals surface area (Å²) >= 11 is 0. The maximum Gasteiger partial charge on any atom is 0.311 e. The quantitative estimate of drug-likeness (QED) is 0.725. The second kappa shape index (κ2) is 5.30. The maximum atomic E-state index is 11.6. The summed E-state index contributed by atoms with van der Waals surface area (Å²) in [4.78, 5) is 22.7. The Kier molecular flexibility index (Phi) is 4.29. The first-order valence-corrected chi connectivity index (χ1v) is 5.58. The SMILES string of the molecule is CCC(C)(CNC(=O)C1CCOC1)C(=O)O. The van der Waals surface area contributed by atoms with Crippen LogP contribution in [-0.2, 0) is 14.3 Å². The fourth-order valence-electron chi connectivity index (χ4n) is 1.52. The standard InChI is InChI=1S/C11H19NO4/c1-3-11(2,10(14)15)7-12-9(13)8-4-5-16-6-8/h8H,3-7H2,1-2H3,(H,12,13)(H,14,15). The lowest BCUT2D eigenvalue weighted by molar-refractivity contribution is -0.148. The van der Waals surface area contributed by atoms with Gasteiger partial charge in [0.25, 0.3) is 0 Å². The van der Waals surface area contributed by atoms with Gasteiger partial charge in [-0.05, 0) is 19.8 Å². The van der Waals surface area contributed by atoms with Gasteiger partial charge in [0.05, 0.1) is 17.9 Å². The van der Waals surface area contributed by atoms with Crippen LogP contribution in [0.25, 0.3) is 0 Å². The van der Waals surface area contributed by atoms with Gasteiger partial charge in [-0.15, -0.1) is 0 Å². The van der Waals surface area contributed by atoms with Gasteiger partial charge in [0.2, 0.25) is 5.91 Å². The van der Waals surface area contributed by atoms with Crippen LogP contribution in [-0.4, -0.2) is 36.7 Å². The van der Waals surface area contributed by atoms with Crippen molar-refractivity contribution >= 4 is 11.9 Å². The zero-order valence-electron chi connectivity index (χ0n) is 9.78. The molecule has 5 nitrogen and oxygen atoms in total. The number of hydrogen-bond acceptors (Lipinski definition) is 3. The van der Waals surface area contributed by atoms with Gasteiger partial charge in [0.15, 0.2) is 0 Å². The van der Waals surface area contributed by atoms with E-state index >= 15 is 0 Å². The monoisotopic (exact) mass is 229 g/mol. The van der Waals surface area contributed by atoms with Crippen molar-refractivity contribution in [1.82, 2.24) is 5.32 Å². The van der Waals surface area contributed by atoms with Gasteiger partial charge in [-0.25, -0.2) is 0 Å². The topological polar surface area (TPSA) is 75.6 Å². The normalized spacial score (nSPS) is 23.8. The molecule has 2 N–H and O–H groups in total. The van der Waals surface area contributed by atoms with E-state index in [1.807, 2.05) is 0 Å². The average molecular weight is 229 g/mol. The molecule has 1 aliphatic heterocycles. The molecule has 0 aromatic heterocycles. The molecular weight excluding hydrogens is 210 g/mol. The van der Waals surface area contributed by atoms with Gasteiger partial charge < -0.3 is 15.2 Å². The summed E-state index contributed by atoms with van der Waals surface area (Å²) in [6.45, 7) is 4.68. The highest BCUT2D eigenvalue weighted by Crippen LogP contribution is 2.20. The minimum atomic E-state index is -0.880. The van der Waals surface area contributed by atoms with Gasteiger partial charge in [-0.3, -0.25) is 9.59 Å². The van der Waals surface area contributed by atoms with Crippen molar-refractivity contribution in [3.05, 3.63) is 0 Å². The highest BCUT2D eigenvalue weighted by Gasteiger charge is 2.33. The molecule has 0 aliphatic carbocycles. The number of carboxylic acid groups (broad SMARTS) is 1. The van der Waals surface area contributed by atoms with Gasteiger partial charge in [0, 0.05) is 13.2 Å². The van der Waals surface area contributed by atoms with Crippen molar-refractivity contribution in [3.63, 3.8) is 0 Å². The van der Waals surface area contributed by atoms with Crippen LogP contribution >= 0.6 is 0 Å². The minimum absolute atomic E-state index is 0.0987. The van der Waals surface area contributed by atoms with E-state index in [0.717, 1.165) is 6.42 Å². The van der Waals surface area contributed by atoms with Gasteiger partial charge >= 0.3 is 5.97 Å². The lowest BCUT2D eigenvalue weighted by Gasteiger charge is -2.23. The molecule has 1 fully saturated rings. The lowest BCUT2D eigenvalue weighted by atomic mass is 9.87. The molecule has 1 aliphatic rings. The number of rotatable bonds is 5.